The third-order valence-corrected chi connectivity index (χ3v) is 6.94. The lowest BCUT2D eigenvalue weighted by Gasteiger charge is -2.37. The van der Waals surface area contributed by atoms with Crippen LogP contribution in [0.25, 0.3) is 0 Å². The van der Waals surface area contributed by atoms with Gasteiger partial charge in [0, 0.05) is 56.1 Å². The van der Waals surface area contributed by atoms with E-state index in [0.717, 1.165) is 51.3 Å². The Kier molecular flexibility index (Phi) is 8.22. The Bertz CT molecular complexity index is 962. The first kappa shape index (κ1) is 24.3. The molecule has 0 spiro atoms. The molecule has 2 fully saturated rings. The van der Waals surface area contributed by atoms with E-state index in [1.165, 1.54) is 24.8 Å². The van der Waals surface area contributed by atoms with Gasteiger partial charge in [-0.15, -0.1) is 0 Å². The summed E-state index contributed by atoms with van der Waals surface area (Å²) < 4.78 is 0. The van der Waals surface area contributed by atoms with Crippen LogP contribution in [-0.2, 0) is 11.3 Å². The Morgan fingerprint density at radius 1 is 0.941 bits per heavy atom. The molecule has 2 aliphatic rings. The molecule has 0 radical (unpaired) electrons. The van der Waals surface area contributed by atoms with Gasteiger partial charge < -0.3 is 15.5 Å². The fraction of sp³-hybridized carbons (Fsp3) is 0.500. The molecule has 1 saturated heterocycles. The number of hydrogen-bond donors (Lipinski definition) is 2. The molecule has 1 aliphatic heterocycles. The predicted octanol–water partition coefficient (Wildman–Crippen LogP) is 4.67. The summed E-state index contributed by atoms with van der Waals surface area (Å²) in [4.78, 5) is 30.4. The molecular weight excluding hydrogens is 424 g/mol. The minimum atomic E-state index is -0.114. The van der Waals surface area contributed by atoms with Crippen LogP contribution in [-0.4, -0.2) is 48.9 Å². The van der Waals surface area contributed by atoms with E-state index in [2.05, 4.69) is 50.8 Å². The molecule has 0 bridgehead atoms. The summed E-state index contributed by atoms with van der Waals surface area (Å²) in [7, 11) is 0. The first-order valence-corrected chi connectivity index (χ1v) is 12.8. The fourth-order valence-corrected chi connectivity index (χ4v) is 4.86. The van der Waals surface area contributed by atoms with Crippen molar-refractivity contribution in [1.82, 2.24) is 10.2 Å². The maximum Gasteiger partial charge on any atom is 0.253 e. The third-order valence-electron chi connectivity index (χ3n) is 6.94. The van der Waals surface area contributed by atoms with E-state index in [-0.39, 0.29) is 23.8 Å². The van der Waals surface area contributed by atoms with Crippen molar-refractivity contribution < 1.29 is 9.59 Å². The van der Waals surface area contributed by atoms with Crippen LogP contribution >= 0.6 is 0 Å². The van der Waals surface area contributed by atoms with Gasteiger partial charge >= 0.3 is 0 Å². The third kappa shape index (κ3) is 6.38. The van der Waals surface area contributed by atoms with Gasteiger partial charge in [0.25, 0.3) is 5.91 Å². The number of carbonyl (C=O) groups excluding carboxylic acids is 2. The first-order valence-electron chi connectivity index (χ1n) is 12.8. The molecule has 2 N–H and O–H groups in total. The summed E-state index contributed by atoms with van der Waals surface area (Å²) in [5.74, 6) is -0.188. The zero-order chi connectivity index (χ0) is 23.9. The molecule has 34 heavy (non-hydrogen) atoms. The highest BCUT2D eigenvalue weighted by Gasteiger charge is 2.24. The van der Waals surface area contributed by atoms with E-state index in [9.17, 15) is 9.59 Å². The molecule has 1 saturated carbocycles. The molecule has 6 nitrogen and oxygen atoms in total. The molecule has 2 amide bonds. The van der Waals surface area contributed by atoms with Gasteiger partial charge in [0.05, 0.1) is 5.56 Å². The molecule has 0 atom stereocenters. The van der Waals surface area contributed by atoms with Crippen molar-refractivity contribution in [3.63, 3.8) is 0 Å². The Labute approximate surface area is 203 Å². The number of nitrogens with one attached hydrogen (secondary N) is 2. The molecule has 0 unspecified atom stereocenters. The largest absolute Gasteiger partial charge is 0.368 e. The van der Waals surface area contributed by atoms with E-state index >= 15 is 0 Å². The number of benzene rings is 2. The van der Waals surface area contributed by atoms with Crippen LogP contribution in [0.3, 0.4) is 0 Å². The van der Waals surface area contributed by atoms with E-state index in [1.807, 2.05) is 32.0 Å². The van der Waals surface area contributed by atoms with Gasteiger partial charge in [0.15, 0.2) is 0 Å². The van der Waals surface area contributed by atoms with Gasteiger partial charge in [-0.05, 0) is 36.6 Å². The quantitative estimate of drug-likeness (QED) is 0.628. The molecule has 1 aliphatic carbocycles. The fourth-order valence-electron chi connectivity index (χ4n) is 4.86. The van der Waals surface area contributed by atoms with Crippen LogP contribution in [0.4, 0.5) is 11.4 Å². The normalized spacial score (nSPS) is 17.6. The maximum atomic E-state index is 13.4. The molecule has 182 valence electrons. The Morgan fingerprint density at radius 2 is 1.65 bits per heavy atom. The maximum absolute atomic E-state index is 13.4. The summed E-state index contributed by atoms with van der Waals surface area (Å²) in [6.07, 6.45) is 5.69. The number of amides is 2. The second kappa shape index (κ2) is 11.5. The molecule has 6 heteroatoms. The number of hydrogen-bond acceptors (Lipinski definition) is 4. The number of carbonyl (C=O) groups is 2. The minimum Gasteiger partial charge on any atom is -0.368 e. The van der Waals surface area contributed by atoms with Crippen LogP contribution in [0.1, 0.15) is 61.9 Å². The van der Waals surface area contributed by atoms with Crippen LogP contribution in [0.2, 0.25) is 0 Å². The van der Waals surface area contributed by atoms with Crippen molar-refractivity contribution in [3.05, 3.63) is 59.7 Å². The van der Waals surface area contributed by atoms with Crippen LogP contribution < -0.4 is 15.5 Å². The molecule has 2 aromatic rings. The van der Waals surface area contributed by atoms with E-state index in [4.69, 9.17) is 0 Å². The molecule has 4 rings (SSSR count). The number of piperazine rings is 1. The summed E-state index contributed by atoms with van der Waals surface area (Å²) in [5, 5.41) is 6.23. The standard InChI is InChI=1S/C28H38N4O2/c1-21(2)27(33)30-24-13-14-26(25(19-24)28(34)29-23-11-7-4-8-12-23)32-17-15-31(16-18-32)20-22-9-5-3-6-10-22/h3,5-6,9-10,13-14,19,21,23H,4,7-8,11-12,15-18,20H2,1-2H3,(H,29,34)(H,30,33). The number of rotatable bonds is 7. The van der Waals surface area contributed by atoms with Gasteiger partial charge in [-0.1, -0.05) is 63.4 Å². The van der Waals surface area contributed by atoms with Gasteiger partial charge in [0.2, 0.25) is 5.91 Å². The lowest BCUT2D eigenvalue weighted by atomic mass is 9.95. The average Bonchev–Trinajstić information content (AvgIpc) is 2.86. The zero-order valence-electron chi connectivity index (χ0n) is 20.6. The Morgan fingerprint density at radius 3 is 2.32 bits per heavy atom. The van der Waals surface area contributed by atoms with E-state index in [0.29, 0.717) is 11.3 Å². The lowest BCUT2D eigenvalue weighted by Crippen LogP contribution is -2.46. The SMILES string of the molecule is CC(C)C(=O)Nc1ccc(N2CCN(Cc3ccccc3)CC2)c(C(=O)NC2CCCCC2)c1. The Balaban J connectivity index is 1.48. The summed E-state index contributed by atoms with van der Waals surface area (Å²) in [6.45, 7) is 8.33. The highest BCUT2D eigenvalue weighted by atomic mass is 16.2. The smallest absolute Gasteiger partial charge is 0.253 e. The molecular formula is C28H38N4O2. The van der Waals surface area contributed by atoms with Gasteiger partial charge in [0.1, 0.15) is 0 Å². The highest BCUT2D eigenvalue weighted by Crippen LogP contribution is 2.27. The van der Waals surface area contributed by atoms with Crippen molar-refractivity contribution in [3.8, 4) is 0 Å². The second-order valence-corrected chi connectivity index (χ2v) is 9.93. The van der Waals surface area contributed by atoms with Gasteiger partial charge in [-0.2, -0.15) is 0 Å². The van der Waals surface area contributed by atoms with Crippen LogP contribution in [0, 0.1) is 5.92 Å². The van der Waals surface area contributed by atoms with Crippen molar-refractivity contribution in [2.75, 3.05) is 36.4 Å². The predicted molar refractivity (Wildman–Crippen MR) is 138 cm³/mol. The first-order chi connectivity index (χ1) is 16.5. The lowest BCUT2D eigenvalue weighted by molar-refractivity contribution is -0.118. The average molecular weight is 463 g/mol. The monoisotopic (exact) mass is 462 g/mol. The van der Waals surface area contributed by atoms with E-state index < -0.39 is 0 Å². The van der Waals surface area contributed by atoms with Crippen LogP contribution in [0.5, 0.6) is 0 Å². The van der Waals surface area contributed by atoms with Gasteiger partial charge in [-0.25, -0.2) is 0 Å². The van der Waals surface area contributed by atoms with Crippen LogP contribution in [0.15, 0.2) is 48.5 Å². The summed E-state index contributed by atoms with van der Waals surface area (Å²) >= 11 is 0. The molecule has 1 heterocycles. The molecule has 0 aromatic heterocycles. The van der Waals surface area contributed by atoms with Crippen molar-refractivity contribution in [2.24, 2.45) is 5.92 Å². The number of anilines is 2. The Hall–Kier alpha value is -2.86. The highest BCUT2D eigenvalue weighted by molar-refractivity contribution is 6.02. The van der Waals surface area contributed by atoms with Crippen molar-refractivity contribution in [1.29, 1.82) is 0 Å². The van der Waals surface area contributed by atoms with Crippen molar-refractivity contribution >= 4 is 23.2 Å². The molecule has 2 aromatic carbocycles. The summed E-state index contributed by atoms with van der Waals surface area (Å²) in [6, 6.07) is 16.6. The number of nitrogens with zero attached hydrogens (tertiary/aromatic N) is 2. The van der Waals surface area contributed by atoms with Crippen molar-refractivity contribution in [2.45, 2.75) is 58.5 Å². The topological polar surface area (TPSA) is 64.7 Å². The minimum absolute atomic E-state index is 0.0331. The van der Waals surface area contributed by atoms with Gasteiger partial charge in [-0.3, -0.25) is 14.5 Å². The zero-order valence-corrected chi connectivity index (χ0v) is 20.6. The summed E-state index contributed by atoms with van der Waals surface area (Å²) in [5.41, 5.74) is 3.62. The van der Waals surface area contributed by atoms with E-state index in [1.54, 1.807) is 0 Å². The second-order valence-electron chi connectivity index (χ2n) is 9.93.